The first-order valence-corrected chi connectivity index (χ1v) is 6.59. The summed E-state index contributed by atoms with van der Waals surface area (Å²) in [6.07, 6.45) is 2.39. The Morgan fingerprint density at radius 2 is 2.33 bits per heavy atom. The van der Waals surface area contributed by atoms with Gasteiger partial charge in [-0.05, 0) is 40.8 Å². The molecule has 1 aromatic carbocycles. The molecular weight excluding hydrogens is 300 g/mol. The number of nitrogens with zero attached hydrogens (tertiary/aromatic N) is 1. The van der Waals surface area contributed by atoms with Gasteiger partial charge in [-0.3, -0.25) is 10.1 Å². The van der Waals surface area contributed by atoms with Gasteiger partial charge in [-0.15, -0.1) is 0 Å². The first kappa shape index (κ1) is 13.5. The maximum Gasteiger partial charge on any atom is 0.283 e. The van der Waals surface area contributed by atoms with Crippen LogP contribution < -0.4 is 5.73 Å². The van der Waals surface area contributed by atoms with E-state index in [4.69, 9.17) is 10.5 Å². The van der Waals surface area contributed by atoms with Crippen LogP contribution in [0.1, 0.15) is 18.4 Å². The second-order valence-electron chi connectivity index (χ2n) is 4.70. The molecule has 2 N–H and O–H groups in total. The van der Waals surface area contributed by atoms with Gasteiger partial charge in [-0.1, -0.05) is 12.1 Å². The summed E-state index contributed by atoms with van der Waals surface area (Å²) in [5.41, 5.74) is 6.79. The fourth-order valence-corrected chi connectivity index (χ4v) is 2.79. The molecule has 18 heavy (non-hydrogen) atoms. The lowest BCUT2D eigenvalue weighted by atomic mass is 9.87. The van der Waals surface area contributed by atoms with Crippen molar-refractivity contribution in [1.82, 2.24) is 0 Å². The third-order valence-corrected chi connectivity index (χ3v) is 4.07. The van der Waals surface area contributed by atoms with Gasteiger partial charge < -0.3 is 10.5 Å². The number of nitro groups is 1. The second-order valence-corrected chi connectivity index (χ2v) is 5.50. The predicted molar refractivity (Wildman–Crippen MR) is 71.5 cm³/mol. The quantitative estimate of drug-likeness (QED) is 0.686. The highest BCUT2D eigenvalue weighted by Gasteiger charge is 2.30. The Balaban J connectivity index is 2.23. The van der Waals surface area contributed by atoms with Gasteiger partial charge in [-0.25, -0.2) is 0 Å². The molecule has 0 bridgehead atoms. The number of hydrogen-bond donors (Lipinski definition) is 1. The van der Waals surface area contributed by atoms with E-state index in [-0.39, 0.29) is 5.69 Å². The summed E-state index contributed by atoms with van der Waals surface area (Å²) in [7, 11) is 0. The fourth-order valence-electron chi connectivity index (χ4n) is 2.24. The summed E-state index contributed by atoms with van der Waals surface area (Å²) < 4.78 is 5.92. The van der Waals surface area contributed by atoms with Crippen LogP contribution in [0.4, 0.5) is 5.69 Å². The number of hydrogen-bond acceptors (Lipinski definition) is 4. The lowest BCUT2D eigenvalue weighted by Crippen LogP contribution is -2.49. The third kappa shape index (κ3) is 2.88. The van der Waals surface area contributed by atoms with Crippen LogP contribution in [0.25, 0.3) is 0 Å². The smallest absolute Gasteiger partial charge is 0.283 e. The van der Waals surface area contributed by atoms with Crippen molar-refractivity contribution in [3.05, 3.63) is 38.3 Å². The predicted octanol–water partition coefficient (Wildman–Crippen LogP) is 2.41. The van der Waals surface area contributed by atoms with E-state index in [2.05, 4.69) is 15.9 Å². The van der Waals surface area contributed by atoms with Crippen LogP contribution in [0.3, 0.4) is 0 Å². The molecule has 1 atom stereocenters. The van der Waals surface area contributed by atoms with Gasteiger partial charge in [-0.2, -0.15) is 0 Å². The summed E-state index contributed by atoms with van der Waals surface area (Å²) in [5.74, 6) is 0. The average molecular weight is 315 g/mol. The summed E-state index contributed by atoms with van der Waals surface area (Å²) in [5, 5.41) is 10.9. The van der Waals surface area contributed by atoms with Crippen molar-refractivity contribution in [2.24, 2.45) is 5.73 Å². The molecule has 2 rings (SSSR count). The topological polar surface area (TPSA) is 78.4 Å². The SMILES string of the molecule is NC1(Cc2cccc([N+](=O)[O-])c2Br)CCCOC1. The molecular formula is C12H15BrN2O3. The van der Waals surface area contributed by atoms with Crippen molar-refractivity contribution < 1.29 is 9.66 Å². The van der Waals surface area contributed by atoms with Crippen LogP contribution >= 0.6 is 15.9 Å². The zero-order valence-electron chi connectivity index (χ0n) is 9.89. The van der Waals surface area contributed by atoms with E-state index in [9.17, 15) is 10.1 Å². The second kappa shape index (κ2) is 5.34. The van der Waals surface area contributed by atoms with Gasteiger partial charge in [0, 0.05) is 18.2 Å². The Labute approximate surface area is 114 Å². The van der Waals surface area contributed by atoms with Crippen LogP contribution in [0.2, 0.25) is 0 Å². The first-order valence-electron chi connectivity index (χ1n) is 5.80. The van der Waals surface area contributed by atoms with Gasteiger partial charge >= 0.3 is 0 Å². The molecule has 1 aliphatic heterocycles. The molecule has 0 aromatic heterocycles. The Hall–Kier alpha value is -0.980. The van der Waals surface area contributed by atoms with Crippen molar-refractivity contribution in [2.45, 2.75) is 24.8 Å². The normalized spacial score (nSPS) is 23.9. The monoisotopic (exact) mass is 314 g/mol. The minimum Gasteiger partial charge on any atom is -0.380 e. The van der Waals surface area contributed by atoms with Crippen molar-refractivity contribution in [3.63, 3.8) is 0 Å². The summed E-state index contributed by atoms with van der Waals surface area (Å²) in [6.45, 7) is 1.25. The fraction of sp³-hybridized carbons (Fsp3) is 0.500. The molecule has 0 radical (unpaired) electrons. The van der Waals surface area contributed by atoms with Crippen LogP contribution in [-0.4, -0.2) is 23.7 Å². The van der Waals surface area contributed by atoms with Gasteiger partial charge in [0.05, 0.1) is 16.0 Å². The summed E-state index contributed by atoms with van der Waals surface area (Å²) >= 11 is 3.29. The minimum atomic E-state index is -0.421. The Morgan fingerprint density at radius 1 is 1.56 bits per heavy atom. The van der Waals surface area contributed by atoms with Crippen LogP contribution in [0.15, 0.2) is 22.7 Å². The van der Waals surface area contributed by atoms with Gasteiger partial charge in [0.15, 0.2) is 0 Å². The standard InChI is InChI=1S/C12H15BrN2O3/c13-11-9(3-1-4-10(11)15(16)17)7-12(14)5-2-6-18-8-12/h1,3-4H,2,5-8,14H2. The molecule has 0 aliphatic carbocycles. The maximum absolute atomic E-state index is 10.9. The van der Waals surface area contributed by atoms with Crippen LogP contribution in [0.5, 0.6) is 0 Å². The average Bonchev–Trinajstić information content (AvgIpc) is 2.32. The van der Waals surface area contributed by atoms with Gasteiger partial charge in [0.1, 0.15) is 0 Å². The zero-order chi connectivity index (χ0) is 13.2. The molecule has 6 heteroatoms. The molecule has 5 nitrogen and oxygen atoms in total. The molecule has 1 unspecified atom stereocenters. The molecule has 1 saturated heterocycles. The van der Waals surface area contributed by atoms with Gasteiger partial charge in [0.2, 0.25) is 0 Å². The minimum absolute atomic E-state index is 0.0767. The molecule has 1 aromatic rings. The van der Waals surface area contributed by atoms with Gasteiger partial charge in [0.25, 0.3) is 5.69 Å². The number of benzene rings is 1. The maximum atomic E-state index is 10.9. The zero-order valence-corrected chi connectivity index (χ0v) is 11.5. The number of nitrogens with two attached hydrogens (primary N) is 1. The third-order valence-electron chi connectivity index (χ3n) is 3.15. The number of rotatable bonds is 3. The van der Waals surface area contributed by atoms with E-state index in [1.54, 1.807) is 6.07 Å². The number of halogens is 1. The van der Waals surface area contributed by atoms with E-state index in [0.717, 1.165) is 25.0 Å². The molecule has 0 saturated carbocycles. The Bertz CT molecular complexity index is 459. The number of ether oxygens (including phenoxy) is 1. The van der Waals surface area contributed by atoms with E-state index >= 15 is 0 Å². The van der Waals surface area contributed by atoms with E-state index in [0.29, 0.717) is 17.5 Å². The number of nitro benzene ring substituents is 1. The van der Waals surface area contributed by atoms with Crippen LogP contribution in [0, 0.1) is 10.1 Å². The lowest BCUT2D eigenvalue weighted by Gasteiger charge is -2.33. The van der Waals surface area contributed by atoms with E-state index < -0.39 is 10.5 Å². The highest BCUT2D eigenvalue weighted by Crippen LogP contribution is 2.31. The van der Waals surface area contributed by atoms with E-state index in [1.165, 1.54) is 6.07 Å². The summed E-state index contributed by atoms with van der Waals surface area (Å²) in [4.78, 5) is 10.5. The molecule has 1 heterocycles. The Morgan fingerprint density at radius 3 is 2.94 bits per heavy atom. The van der Waals surface area contributed by atoms with Crippen molar-refractivity contribution >= 4 is 21.6 Å². The van der Waals surface area contributed by atoms with Crippen molar-refractivity contribution in [1.29, 1.82) is 0 Å². The van der Waals surface area contributed by atoms with Crippen molar-refractivity contribution in [3.8, 4) is 0 Å². The highest BCUT2D eigenvalue weighted by atomic mass is 79.9. The molecule has 0 amide bonds. The van der Waals surface area contributed by atoms with Crippen LogP contribution in [-0.2, 0) is 11.2 Å². The highest BCUT2D eigenvalue weighted by molar-refractivity contribution is 9.10. The molecule has 1 fully saturated rings. The molecule has 1 aliphatic rings. The lowest BCUT2D eigenvalue weighted by molar-refractivity contribution is -0.385. The molecule has 98 valence electrons. The first-order chi connectivity index (χ1) is 8.52. The molecule has 0 spiro atoms. The largest absolute Gasteiger partial charge is 0.380 e. The van der Waals surface area contributed by atoms with Crippen molar-refractivity contribution in [2.75, 3.05) is 13.2 Å². The van der Waals surface area contributed by atoms with E-state index in [1.807, 2.05) is 6.07 Å². The Kier molecular flexibility index (Phi) is 3.99. The summed E-state index contributed by atoms with van der Waals surface area (Å²) in [6, 6.07) is 5.03.